The van der Waals surface area contributed by atoms with Gasteiger partial charge in [-0.15, -0.1) is 0 Å². The summed E-state index contributed by atoms with van der Waals surface area (Å²) >= 11 is 6.11. The number of allylic oxidation sites excluding steroid dienone is 1. The zero-order valence-electron chi connectivity index (χ0n) is 12.0. The average molecular weight is 309 g/mol. The minimum absolute atomic E-state index is 0.251. The first-order chi connectivity index (χ1) is 10.1. The van der Waals surface area contributed by atoms with Gasteiger partial charge in [0.25, 0.3) is 0 Å². The maximum Gasteiger partial charge on any atom is 0.302 e. The molecule has 0 amide bonds. The third-order valence-electron chi connectivity index (χ3n) is 2.85. The van der Waals surface area contributed by atoms with E-state index in [1.165, 1.54) is 6.92 Å². The lowest BCUT2D eigenvalue weighted by molar-refractivity contribution is -0.141. The van der Waals surface area contributed by atoms with Crippen LogP contribution >= 0.6 is 11.6 Å². The van der Waals surface area contributed by atoms with E-state index in [0.29, 0.717) is 23.1 Å². The maximum absolute atomic E-state index is 10.7. The van der Waals surface area contributed by atoms with E-state index in [0.717, 1.165) is 25.0 Å². The normalized spacial score (nSPS) is 11.4. The summed E-state index contributed by atoms with van der Waals surface area (Å²) < 4.78 is 6.83. The van der Waals surface area contributed by atoms with Gasteiger partial charge in [0.05, 0.1) is 12.9 Å². The number of hydrogen-bond donors (Lipinski definition) is 0. The molecule has 6 nitrogen and oxygen atoms in total. The molecule has 0 saturated carbocycles. The molecule has 0 aliphatic heterocycles. The summed E-state index contributed by atoms with van der Waals surface area (Å²) in [7, 11) is 0. The molecule has 0 spiro atoms. The summed E-state index contributed by atoms with van der Waals surface area (Å²) in [5, 5.41) is 0.353. The van der Waals surface area contributed by atoms with Crippen LogP contribution < -0.4 is 0 Å². The molecule has 21 heavy (non-hydrogen) atoms. The van der Waals surface area contributed by atoms with Crippen molar-refractivity contribution in [2.24, 2.45) is 0 Å². The third-order valence-corrected chi connectivity index (χ3v) is 3.12. The fourth-order valence-electron chi connectivity index (χ4n) is 1.91. The zero-order chi connectivity index (χ0) is 15.2. The lowest BCUT2D eigenvalue weighted by Crippen LogP contribution is -2.04. The summed E-state index contributed by atoms with van der Waals surface area (Å²) in [5.41, 5.74) is 1.32. The van der Waals surface area contributed by atoms with E-state index >= 15 is 0 Å². The number of hydrogen-bond acceptors (Lipinski definition) is 5. The summed E-state index contributed by atoms with van der Waals surface area (Å²) in [6, 6.07) is 0. The topological polar surface area (TPSA) is 69.9 Å². The molecule has 2 aromatic heterocycles. The highest BCUT2D eigenvalue weighted by atomic mass is 35.5. The Hall–Kier alpha value is -1.95. The molecule has 112 valence electrons. The Bertz CT molecular complexity index is 666. The predicted molar refractivity (Wildman–Crippen MR) is 80.9 cm³/mol. The van der Waals surface area contributed by atoms with Gasteiger partial charge in [0, 0.05) is 13.5 Å². The zero-order valence-corrected chi connectivity index (χ0v) is 12.8. The first-order valence-electron chi connectivity index (χ1n) is 6.76. The Balaban J connectivity index is 2.08. The molecule has 0 atom stereocenters. The van der Waals surface area contributed by atoms with Crippen molar-refractivity contribution >= 4 is 34.8 Å². The largest absolute Gasteiger partial charge is 0.466 e. The number of esters is 1. The van der Waals surface area contributed by atoms with Crippen molar-refractivity contribution in [2.45, 2.75) is 33.2 Å². The fourth-order valence-corrected chi connectivity index (χ4v) is 2.13. The van der Waals surface area contributed by atoms with Gasteiger partial charge in [0.1, 0.15) is 5.52 Å². The predicted octanol–water partition coefficient (Wildman–Crippen LogP) is 2.86. The van der Waals surface area contributed by atoms with Crippen LogP contribution in [-0.4, -0.2) is 32.1 Å². The molecule has 0 radical (unpaired) electrons. The SMILES string of the molecule is C/C=C\c1nc(Cl)c2ncn(CCCCOC(C)=O)c2n1. The van der Waals surface area contributed by atoms with Gasteiger partial charge in [0.2, 0.25) is 0 Å². The second-order valence-electron chi connectivity index (χ2n) is 4.53. The minimum Gasteiger partial charge on any atom is -0.466 e. The van der Waals surface area contributed by atoms with Crippen LogP contribution in [0.15, 0.2) is 12.4 Å². The molecule has 0 N–H and O–H groups in total. The smallest absolute Gasteiger partial charge is 0.302 e. The number of halogens is 1. The Morgan fingerprint density at radius 1 is 1.43 bits per heavy atom. The van der Waals surface area contributed by atoms with Crippen molar-refractivity contribution in [3.63, 3.8) is 0 Å². The Kier molecular flexibility index (Phi) is 5.27. The first kappa shape index (κ1) is 15.4. The number of rotatable bonds is 6. The van der Waals surface area contributed by atoms with Gasteiger partial charge < -0.3 is 9.30 Å². The van der Waals surface area contributed by atoms with Gasteiger partial charge in [-0.25, -0.2) is 15.0 Å². The Labute approximate surface area is 127 Å². The van der Waals surface area contributed by atoms with Crippen LogP contribution in [0.3, 0.4) is 0 Å². The molecule has 0 aliphatic carbocycles. The third kappa shape index (κ3) is 4.01. The van der Waals surface area contributed by atoms with Gasteiger partial charge in [-0.05, 0) is 25.8 Å². The molecule has 2 rings (SSSR count). The standard InChI is InChI=1S/C14H17ClN4O2/c1-3-6-11-17-13(15)12-14(18-11)19(9-16-12)7-4-5-8-21-10(2)20/h3,6,9H,4-5,7-8H2,1-2H3/b6-3-. The maximum atomic E-state index is 10.7. The van der Waals surface area contributed by atoms with Crippen molar-refractivity contribution in [1.82, 2.24) is 19.5 Å². The van der Waals surface area contributed by atoms with E-state index in [9.17, 15) is 4.79 Å². The lowest BCUT2D eigenvalue weighted by Gasteiger charge is -2.05. The molecular weight excluding hydrogens is 292 g/mol. The van der Waals surface area contributed by atoms with Crippen LogP contribution in [0.4, 0.5) is 0 Å². The first-order valence-corrected chi connectivity index (χ1v) is 7.14. The van der Waals surface area contributed by atoms with E-state index in [-0.39, 0.29) is 5.97 Å². The second-order valence-corrected chi connectivity index (χ2v) is 4.89. The van der Waals surface area contributed by atoms with Gasteiger partial charge in [-0.1, -0.05) is 17.7 Å². The monoisotopic (exact) mass is 308 g/mol. The number of imidazole rings is 1. The Morgan fingerprint density at radius 2 is 2.24 bits per heavy atom. The molecule has 2 heterocycles. The van der Waals surface area contributed by atoms with E-state index in [1.807, 2.05) is 17.6 Å². The number of ether oxygens (including phenoxy) is 1. The number of aryl methyl sites for hydroxylation is 1. The molecule has 0 fully saturated rings. The van der Waals surface area contributed by atoms with Crippen LogP contribution in [0.5, 0.6) is 0 Å². The van der Waals surface area contributed by atoms with Crippen LogP contribution in [-0.2, 0) is 16.1 Å². The molecule has 2 aromatic rings. The number of nitrogens with zero attached hydrogens (tertiary/aromatic N) is 4. The summed E-state index contributed by atoms with van der Waals surface area (Å²) in [6.45, 7) is 4.47. The molecule has 0 bridgehead atoms. The van der Waals surface area contributed by atoms with E-state index in [1.54, 1.807) is 12.4 Å². The number of carbonyl (C=O) groups is 1. The summed E-state index contributed by atoms with van der Waals surface area (Å²) in [4.78, 5) is 23.5. The molecule has 0 unspecified atom stereocenters. The minimum atomic E-state index is -0.251. The molecule has 0 saturated heterocycles. The number of unbranched alkanes of at least 4 members (excludes halogenated alkanes) is 1. The van der Waals surface area contributed by atoms with Gasteiger partial charge in [-0.2, -0.15) is 0 Å². The number of carbonyl (C=O) groups excluding carboxylic acids is 1. The van der Waals surface area contributed by atoms with Crippen LogP contribution in [0.2, 0.25) is 5.15 Å². The van der Waals surface area contributed by atoms with Crippen LogP contribution in [0.25, 0.3) is 17.2 Å². The number of fused-ring (bicyclic) bond motifs is 1. The van der Waals surface area contributed by atoms with Gasteiger partial charge in [-0.3, -0.25) is 4.79 Å². The van der Waals surface area contributed by atoms with Crippen molar-refractivity contribution in [1.29, 1.82) is 0 Å². The Morgan fingerprint density at radius 3 is 2.95 bits per heavy atom. The molecule has 7 heteroatoms. The van der Waals surface area contributed by atoms with Crippen molar-refractivity contribution in [3.8, 4) is 0 Å². The quantitative estimate of drug-likeness (QED) is 0.466. The highest BCUT2D eigenvalue weighted by Crippen LogP contribution is 2.19. The molecule has 0 aliphatic rings. The van der Waals surface area contributed by atoms with Gasteiger partial charge >= 0.3 is 5.97 Å². The number of aromatic nitrogens is 4. The summed E-state index contributed by atoms with van der Waals surface area (Å²) in [5.74, 6) is 0.315. The van der Waals surface area contributed by atoms with Crippen molar-refractivity contribution < 1.29 is 9.53 Å². The average Bonchev–Trinajstić information content (AvgIpc) is 2.82. The summed E-state index contributed by atoms with van der Waals surface area (Å²) in [6.07, 6.45) is 7.01. The van der Waals surface area contributed by atoms with E-state index < -0.39 is 0 Å². The second kappa shape index (κ2) is 7.17. The van der Waals surface area contributed by atoms with Crippen molar-refractivity contribution in [3.05, 3.63) is 23.4 Å². The van der Waals surface area contributed by atoms with Crippen LogP contribution in [0.1, 0.15) is 32.5 Å². The van der Waals surface area contributed by atoms with Gasteiger partial charge in [0.15, 0.2) is 16.6 Å². The fraction of sp³-hybridized carbons (Fsp3) is 0.429. The van der Waals surface area contributed by atoms with Crippen molar-refractivity contribution in [2.75, 3.05) is 6.61 Å². The highest BCUT2D eigenvalue weighted by molar-refractivity contribution is 6.33. The van der Waals surface area contributed by atoms with Crippen LogP contribution in [0, 0.1) is 0 Å². The van der Waals surface area contributed by atoms with E-state index in [4.69, 9.17) is 16.3 Å². The molecule has 0 aromatic carbocycles. The lowest BCUT2D eigenvalue weighted by atomic mass is 10.3. The molecular formula is C14H17ClN4O2. The highest BCUT2D eigenvalue weighted by Gasteiger charge is 2.10. The van der Waals surface area contributed by atoms with E-state index in [2.05, 4.69) is 15.0 Å².